The molecule has 19 heavy (non-hydrogen) atoms. The minimum absolute atomic E-state index is 0.342. The summed E-state index contributed by atoms with van der Waals surface area (Å²) >= 11 is 0. The van der Waals surface area contributed by atoms with E-state index in [-0.39, 0.29) is 0 Å². The summed E-state index contributed by atoms with van der Waals surface area (Å²) in [4.78, 5) is 9.13. The molecule has 4 nitrogen and oxygen atoms in total. The maximum Gasteiger partial charge on any atom is 0.135 e. The fourth-order valence-corrected chi connectivity index (χ4v) is 1.65. The van der Waals surface area contributed by atoms with E-state index in [0.29, 0.717) is 11.8 Å². The van der Waals surface area contributed by atoms with E-state index >= 15 is 0 Å². The van der Waals surface area contributed by atoms with Gasteiger partial charge in [-0.05, 0) is 18.8 Å². The minimum Gasteiger partial charge on any atom is -0.370 e. The number of nitrogens with one attached hydrogen (secondary N) is 2. The van der Waals surface area contributed by atoms with Crippen LogP contribution in [0.15, 0.2) is 6.07 Å². The monoisotopic (exact) mass is 264 g/mol. The van der Waals surface area contributed by atoms with Gasteiger partial charge in [-0.2, -0.15) is 0 Å². The summed E-state index contributed by atoms with van der Waals surface area (Å²) < 4.78 is 0. The summed E-state index contributed by atoms with van der Waals surface area (Å²) in [6.07, 6.45) is 2.25. The third-order valence-corrected chi connectivity index (χ3v) is 2.84. The van der Waals surface area contributed by atoms with Crippen LogP contribution in [0.4, 0.5) is 11.6 Å². The topological polar surface area (TPSA) is 49.8 Å². The highest BCUT2D eigenvalue weighted by molar-refractivity contribution is 5.47. The number of hydrogen-bond acceptors (Lipinski definition) is 4. The zero-order chi connectivity index (χ0) is 14.3. The Morgan fingerprint density at radius 3 is 2.05 bits per heavy atom. The van der Waals surface area contributed by atoms with Gasteiger partial charge in [-0.3, -0.25) is 0 Å². The molecular weight excluding hydrogens is 236 g/mol. The molecule has 0 saturated carbocycles. The molecule has 4 heteroatoms. The van der Waals surface area contributed by atoms with Gasteiger partial charge in [-0.25, -0.2) is 9.97 Å². The fraction of sp³-hybridized carbons (Fsp3) is 0.733. The molecule has 0 atom stereocenters. The zero-order valence-electron chi connectivity index (χ0n) is 13.0. The molecule has 0 radical (unpaired) electrons. The Labute approximate surface area is 117 Å². The largest absolute Gasteiger partial charge is 0.370 e. The Morgan fingerprint density at radius 2 is 1.58 bits per heavy atom. The number of hydrogen-bond donors (Lipinski definition) is 2. The molecule has 0 amide bonds. The van der Waals surface area contributed by atoms with Crippen LogP contribution in [0.3, 0.4) is 0 Å². The van der Waals surface area contributed by atoms with Crippen molar-refractivity contribution in [2.75, 3.05) is 23.7 Å². The van der Waals surface area contributed by atoms with Crippen molar-refractivity contribution in [3.63, 3.8) is 0 Å². The van der Waals surface area contributed by atoms with Crippen LogP contribution < -0.4 is 10.6 Å². The van der Waals surface area contributed by atoms with Crippen LogP contribution in [-0.4, -0.2) is 23.1 Å². The van der Waals surface area contributed by atoms with Crippen molar-refractivity contribution >= 4 is 11.6 Å². The van der Waals surface area contributed by atoms with Gasteiger partial charge in [0, 0.05) is 25.1 Å². The number of rotatable bonds is 8. The lowest BCUT2D eigenvalue weighted by Gasteiger charge is -2.13. The van der Waals surface area contributed by atoms with E-state index in [9.17, 15) is 0 Å². The van der Waals surface area contributed by atoms with Crippen LogP contribution in [0.2, 0.25) is 0 Å². The average Bonchev–Trinajstić information content (AvgIpc) is 2.35. The van der Waals surface area contributed by atoms with Crippen molar-refractivity contribution in [3.05, 3.63) is 11.9 Å². The lowest BCUT2D eigenvalue weighted by Crippen LogP contribution is -2.11. The van der Waals surface area contributed by atoms with Crippen LogP contribution in [0.25, 0.3) is 0 Å². The van der Waals surface area contributed by atoms with Crippen molar-refractivity contribution in [3.8, 4) is 0 Å². The summed E-state index contributed by atoms with van der Waals surface area (Å²) in [5.41, 5.74) is 0. The van der Waals surface area contributed by atoms with Gasteiger partial charge in [0.15, 0.2) is 0 Å². The first-order chi connectivity index (χ1) is 9.02. The number of anilines is 2. The van der Waals surface area contributed by atoms with Gasteiger partial charge in [0.1, 0.15) is 17.5 Å². The molecule has 0 aliphatic carbocycles. The molecule has 0 spiro atoms. The van der Waals surface area contributed by atoms with Gasteiger partial charge in [-0.1, -0.05) is 34.6 Å². The standard InChI is InChI=1S/C15H28N4/c1-6-8-16-13-10-14(17-9-7-11(2)3)19-15(18-13)12(4)5/h10-12H,6-9H2,1-5H3,(H2,16,17,18,19). The van der Waals surface area contributed by atoms with E-state index in [1.54, 1.807) is 0 Å². The van der Waals surface area contributed by atoms with E-state index in [0.717, 1.165) is 43.4 Å². The van der Waals surface area contributed by atoms with Gasteiger partial charge < -0.3 is 10.6 Å². The second kappa shape index (κ2) is 7.97. The smallest absolute Gasteiger partial charge is 0.135 e. The van der Waals surface area contributed by atoms with E-state index in [2.05, 4.69) is 55.2 Å². The molecular formula is C15H28N4. The number of nitrogens with zero attached hydrogens (tertiary/aromatic N) is 2. The van der Waals surface area contributed by atoms with Crippen molar-refractivity contribution in [1.82, 2.24) is 9.97 Å². The molecule has 1 heterocycles. The quantitative estimate of drug-likeness (QED) is 0.748. The summed E-state index contributed by atoms with van der Waals surface area (Å²) in [5.74, 6) is 3.80. The first kappa shape index (κ1) is 15.7. The molecule has 0 saturated heterocycles. The predicted octanol–water partition coefficient (Wildman–Crippen LogP) is 3.88. The SMILES string of the molecule is CCCNc1cc(NCCC(C)C)nc(C(C)C)n1. The molecule has 0 aliphatic rings. The molecule has 0 aromatic carbocycles. The third-order valence-electron chi connectivity index (χ3n) is 2.84. The molecule has 0 bridgehead atoms. The Kier molecular flexibility index (Phi) is 6.60. The summed E-state index contributed by atoms with van der Waals surface area (Å²) in [6.45, 7) is 12.8. The molecule has 1 aromatic heterocycles. The third kappa shape index (κ3) is 5.90. The van der Waals surface area contributed by atoms with Gasteiger partial charge in [0.25, 0.3) is 0 Å². The fourth-order valence-electron chi connectivity index (χ4n) is 1.65. The highest BCUT2D eigenvalue weighted by atomic mass is 15.1. The Morgan fingerprint density at radius 1 is 1.00 bits per heavy atom. The van der Waals surface area contributed by atoms with Gasteiger partial charge >= 0.3 is 0 Å². The van der Waals surface area contributed by atoms with Crippen molar-refractivity contribution in [2.24, 2.45) is 5.92 Å². The van der Waals surface area contributed by atoms with Crippen molar-refractivity contribution in [2.45, 2.75) is 53.4 Å². The van der Waals surface area contributed by atoms with Crippen LogP contribution in [0, 0.1) is 5.92 Å². The van der Waals surface area contributed by atoms with Gasteiger partial charge in [0.05, 0.1) is 0 Å². The first-order valence-corrected chi connectivity index (χ1v) is 7.39. The Hall–Kier alpha value is -1.32. The first-order valence-electron chi connectivity index (χ1n) is 7.39. The highest BCUT2D eigenvalue weighted by Crippen LogP contribution is 2.17. The Balaban J connectivity index is 2.74. The van der Waals surface area contributed by atoms with Crippen LogP contribution in [-0.2, 0) is 0 Å². The summed E-state index contributed by atoms with van der Waals surface area (Å²) in [7, 11) is 0. The number of aromatic nitrogens is 2. The average molecular weight is 264 g/mol. The van der Waals surface area contributed by atoms with E-state index < -0.39 is 0 Å². The molecule has 1 aromatic rings. The normalized spacial score (nSPS) is 11.1. The van der Waals surface area contributed by atoms with Crippen molar-refractivity contribution < 1.29 is 0 Å². The molecule has 2 N–H and O–H groups in total. The van der Waals surface area contributed by atoms with Crippen LogP contribution in [0.5, 0.6) is 0 Å². The van der Waals surface area contributed by atoms with E-state index in [4.69, 9.17) is 0 Å². The second-order valence-electron chi connectivity index (χ2n) is 5.69. The van der Waals surface area contributed by atoms with E-state index in [1.807, 2.05) is 6.07 Å². The van der Waals surface area contributed by atoms with Crippen molar-refractivity contribution in [1.29, 1.82) is 0 Å². The second-order valence-corrected chi connectivity index (χ2v) is 5.69. The van der Waals surface area contributed by atoms with Crippen LogP contribution in [0.1, 0.15) is 59.2 Å². The molecule has 0 unspecified atom stereocenters. The van der Waals surface area contributed by atoms with E-state index in [1.165, 1.54) is 0 Å². The highest BCUT2D eigenvalue weighted by Gasteiger charge is 2.07. The minimum atomic E-state index is 0.342. The zero-order valence-corrected chi connectivity index (χ0v) is 13.0. The molecule has 108 valence electrons. The summed E-state index contributed by atoms with van der Waals surface area (Å²) in [6, 6.07) is 2.00. The van der Waals surface area contributed by atoms with Crippen LogP contribution >= 0.6 is 0 Å². The molecule has 0 aliphatic heterocycles. The molecule has 1 rings (SSSR count). The lowest BCUT2D eigenvalue weighted by molar-refractivity contribution is 0.606. The summed E-state index contributed by atoms with van der Waals surface area (Å²) in [5, 5.41) is 6.74. The molecule has 0 fully saturated rings. The predicted molar refractivity (Wildman–Crippen MR) is 82.8 cm³/mol. The maximum absolute atomic E-state index is 4.58. The Bertz CT molecular complexity index is 374. The lowest BCUT2D eigenvalue weighted by atomic mass is 10.1. The maximum atomic E-state index is 4.58. The van der Waals surface area contributed by atoms with Gasteiger partial charge in [-0.15, -0.1) is 0 Å². The van der Waals surface area contributed by atoms with Gasteiger partial charge in [0.2, 0.25) is 0 Å².